The third-order valence-corrected chi connectivity index (χ3v) is 4.66. The lowest BCUT2D eigenvalue weighted by molar-refractivity contribution is 0.0368. The zero-order valence-corrected chi connectivity index (χ0v) is 13.5. The molecular formula is C16H33N3O. The van der Waals surface area contributed by atoms with Crippen LogP contribution >= 0.6 is 0 Å². The van der Waals surface area contributed by atoms with E-state index in [1.165, 1.54) is 58.5 Å². The molecule has 2 saturated heterocycles. The summed E-state index contributed by atoms with van der Waals surface area (Å²) in [6.45, 7) is 16.4. The minimum absolute atomic E-state index is 0.705. The summed E-state index contributed by atoms with van der Waals surface area (Å²) in [5, 5.41) is 0. The molecule has 0 radical (unpaired) electrons. The van der Waals surface area contributed by atoms with E-state index in [9.17, 15) is 0 Å². The summed E-state index contributed by atoms with van der Waals surface area (Å²) in [7, 11) is 0. The average molecular weight is 283 g/mol. The van der Waals surface area contributed by atoms with Crippen LogP contribution in [0, 0.1) is 0 Å². The summed E-state index contributed by atoms with van der Waals surface area (Å²) in [5.74, 6) is 0. The standard InChI is InChI=1S/C16H33N3O/c1-16(2)19-9-5-8-17(10-11-19)6-3-4-7-18-12-14-20-15-13-18/h16H,3-15H2,1-2H3. The molecule has 0 bridgehead atoms. The van der Waals surface area contributed by atoms with Gasteiger partial charge in [0.25, 0.3) is 0 Å². The molecule has 0 aliphatic carbocycles. The predicted octanol–water partition coefficient (Wildman–Crippen LogP) is 1.51. The number of morpholine rings is 1. The van der Waals surface area contributed by atoms with Gasteiger partial charge >= 0.3 is 0 Å². The van der Waals surface area contributed by atoms with Crippen LogP contribution in [0.5, 0.6) is 0 Å². The first-order valence-electron chi connectivity index (χ1n) is 8.52. The van der Waals surface area contributed by atoms with Gasteiger partial charge in [-0.05, 0) is 59.3 Å². The Morgan fingerprint density at radius 3 is 2.10 bits per heavy atom. The first kappa shape index (κ1) is 16.2. The van der Waals surface area contributed by atoms with Crippen molar-refractivity contribution in [2.45, 2.75) is 39.2 Å². The highest BCUT2D eigenvalue weighted by Crippen LogP contribution is 2.08. The molecule has 0 atom stereocenters. The molecule has 2 aliphatic rings. The van der Waals surface area contributed by atoms with E-state index in [2.05, 4.69) is 28.5 Å². The lowest BCUT2D eigenvalue weighted by Gasteiger charge is -2.27. The van der Waals surface area contributed by atoms with Gasteiger partial charge in [0.15, 0.2) is 0 Å². The van der Waals surface area contributed by atoms with Gasteiger partial charge in [-0.15, -0.1) is 0 Å². The van der Waals surface area contributed by atoms with E-state index >= 15 is 0 Å². The van der Waals surface area contributed by atoms with E-state index in [1.807, 2.05) is 0 Å². The Labute approximate surface area is 125 Å². The number of hydrogen-bond donors (Lipinski definition) is 0. The van der Waals surface area contributed by atoms with E-state index in [1.54, 1.807) is 0 Å². The molecule has 0 aromatic heterocycles. The minimum atomic E-state index is 0.705. The molecule has 118 valence electrons. The quantitative estimate of drug-likeness (QED) is 0.688. The number of rotatable bonds is 6. The number of nitrogens with zero attached hydrogens (tertiary/aromatic N) is 3. The Morgan fingerprint density at radius 2 is 1.45 bits per heavy atom. The zero-order chi connectivity index (χ0) is 14.2. The van der Waals surface area contributed by atoms with Crippen molar-refractivity contribution in [2.75, 3.05) is 65.6 Å². The van der Waals surface area contributed by atoms with Crippen molar-refractivity contribution in [3.05, 3.63) is 0 Å². The molecule has 0 saturated carbocycles. The van der Waals surface area contributed by atoms with E-state index in [0.717, 1.165) is 26.3 Å². The van der Waals surface area contributed by atoms with Gasteiger partial charge < -0.3 is 9.64 Å². The first-order chi connectivity index (χ1) is 9.75. The lowest BCUT2D eigenvalue weighted by atomic mass is 10.2. The topological polar surface area (TPSA) is 19.0 Å². The van der Waals surface area contributed by atoms with E-state index in [-0.39, 0.29) is 0 Å². The van der Waals surface area contributed by atoms with Crippen LogP contribution in [0.15, 0.2) is 0 Å². The highest BCUT2D eigenvalue weighted by atomic mass is 16.5. The molecule has 4 nitrogen and oxygen atoms in total. The van der Waals surface area contributed by atoms with Crippen LogP contribution in [0.2, 0.25) is 0 Å². The van der Waals surface area contributed by atoms with Crippen LogP contribution in [0.3, 0.4) is 0 Å². The predicted molar refractivity (Wildman–Crippen MR) is 84.3 cm³/mol. The van der Waals surface area contributed by atoms with Gasteiger partial charge in [-0.3, -0.25) is 9.80 Å². The van der Waals surface area contributed by atoms with Crippen molar-refractivity contribution >= 4 is 0 Å². The molecular weight excluding hydrogens is 250 g/mol. The van der Waals surface area contributed by atoms with Gasteiger partial charge in [0, 0.05) is 32.2 Å². The van der Waals surface area contributed by atoms with Gasteiger partial charge in [-0.1, -0.05) is 0 Å². The van der Waals surface area contributed by atoms with E-state index in [4.69, 9.17) is 4.74 Å². The van der Waals surface area contributed by atoms with Crippen LogP contribution in [0.4, 0.5) is 0 Å². The molecule has 0 spiro atoms. The van der Waals surface area contributed by atoms with Crippen LogP contribution < -0.4 is 0 Å². The molecule has 4 heteroatoms. The average Bonchev–Trinajstić information content (AvgIpc) is 2.70. The molecule has 0 N–H and O–H groups in total. The summed E-state index contributed by atoms with van der Waals surface area (Å²) in [5.41, 5.74) is 0. The Kier molecular flexibility index (Phi) is 7.28. The second-order valence-corrected chi connectivity index (χ2v) is 6.49. The Bertz CT molecular complexity index is 254. The molecule has 0 aromatic rings. The maximum atomic E-state index is 5.39. The monoisotopic (exact) mass is 283 g/mol. The van der Waals surface area contributed by atoms with Gasteiger partial charge in [-0.2, -0.15) is 0 Å². The molecule has 2 rings (SSSR count). The number of unbranched alkanes of at least 4 members (excludes halogenated alkanes) is 1. The second-order valence-electron chi connectivity index (χ2n) is 6.49. The SMILES string of the molecule is CC(C)N1CCCN(CCCCN2CCOCC2)CC1. The second kappa shape index (κ2) is 8.98. The summed E-state index contributed by atoms with van der Waals surface area (Å²) in [6, 6.07) is 0.705. The highest BCUT2D eigenvalue weighted by molar-refractivity contribution is 4.72. The third kappa shape index (κ3) is 5.68. The van der Waals surface area contributed by atoms with E-state index < -0.39 is 0 Å². The third-order valence-electron chi connectivity index (χ3n) is 4.66. The van der Waals surface area contributed by atoms with Crippen LogP contribution in [-0.4, -0.2) is 86.3 Å². The van der Waals surface area contributed by atoms with Crippen molar-refractivity contribution < 1.29 is 4.74 Å². The largest absolute Gasteiger partial charge is 0.379 e. The zero-order valence-electron chi connectivity index (χ0n) is 13.5. The first-order valence-corrected chi connectivity index (χ1v) is 8.52. The molecule has 2 heterocycles. The molecule has 2 aliphatic heterocycles. The van der Waals surface area contributed by atoms with Crippen molar-refractivity contribution in [3.8, 4) is 0 Å². The Morgan fingerprint density at radius 1 is 0.800 bits per heavy atom. The lowest BCUT2D eigenvalue weighted by Crippen LogP contribution is -2.37. The van der Waals surface area contributed by atoms with Crippen molar-refractivity contribution in [1.82, 2.24) is 14.7 Å². The minimum Gasteiger partial charge on any atom is -0.379 e. The van der Waals surface area contributed by atoms with Crippen molar-refractivity contribution in [3.63, 3.8) is 0 Å². The number of hydrogen-bond acceptors (Lipinski definition) is 4. The molecule has 2 fully saturated rings. The van der Waals surface area contributed by atoms with Crippen molar-refractivity contribution in [2.24, 2.45) is 0 Å². The summed E-state index contributed by atoms with van der Waals surface area (Å²) in [4.78, 5) is 7.84. The summed E-state index contributed by atoms with van der Waals surface area (Å²) in [6.07, 6.45) is 4.02. The molecule has 0 unspecified atom stereocenters. The fourth-order valence-electron chi connectivity index (χ4n) is 3.23. The summed E-state index contributed by atoms with van der Waals surface area (Å²) >= 11 is 0. The molecule has 20 heavy (non-hydrogen) atoms. The fraction of sp³-hybridized carbons (Fsp3) is 1.00. The normalized spacial score (nSPS) is 24.1. The molecule has 0 amide bonds. The fourth-order valence-corrected chi connectivity index (χ4v) is 3.23. The van der Waals surface area contributed by atoms with Gasteiger partial charge in [0.05, 0.1) is 13.2 Å². The maximum Gasteiger partial charge on any atom is 0.0594 e. The summed E-state index contributed by atoms with van der Waals surface area (Å²) < 4.78 is 5.39. The van der Waals surface area contributed by atoms with Crippen LogP contribution in [-0.2, 0) is 4.74 Å². The Balaban J connectivity index is 1.55. The van der Waals surface area contributed by atoms with Gasteiger partial charge in [0.2, 0.25) is 0 Å². The maximum absolute atomic E-state index is 5.39. The Hall–Kier alpha value is -0.160. The smallest absolute Gasteiger partial charge is 0.0594 e. The highest BCUT2D eigenvalue weighted by Gasteiger charge is 2.16. The van der Waals surface area contributed by atoms with Crippen LogP contribution in [0.1, 0.15) is 33.1 Å². The van der Waals surface area contributed by atoms with Gasteiger partial charge in [-0.25, -0.2) is 0 Å². The van der Waals surface area contributed by atoms with Crippen molar-refractivity contribution in [1.29, 1.82) is 0 Å². The van der Waals surface area contributed by atoms with Crippen LogP contribution in [0.25, 0.3) is 0 Å². The van der Waals surface area contributed by atoms with Gasteiger partial charge in [0.1, 0.15) is 0 Å². The number of ether oxygens (including phenoxy) is 1. The molecule has 0 aromatic carbocycles. The van der Waals surface area contributed by atoms with E-state index in [0.29, 0.717) is 6.04 Å².